The van der Waals surface area contributed by atoms with Gasteiger partial charge in [-0.25, -0.2) is 14.8 Å². The molecule has 1 aliphatic heterocycles. The highest BCUT2D eigenvalue weighted by Crippen LogP contribution is 2.42. The second kappa shape index (κ2) is 8.68. The molecule has 2 aromatic heterocycles. The van der Waals surface area contributed by atoms with Gasteiger partial charge in [0, 0.05) is 30.9 Å². The molecule has 2 aromatic rings. The lowest BCUT2D eigenvalue weighted by Gasteiger charge is -2.22. The summed E-state index contributed by atoms with van der Waals surface area (Å²) >= 11 is 0.544. The predicted molar refractivity (Wildman–Crippen MR) is 115 cm³/mol. The normalized spacial score (nSPS) is 17.0. The largest absolute Gasteiger partial charge is 0.476 e. The van der Waals surface area contributed by atoms with Crippen LogP contribution in [0.3, 0.4) is 0 Å². The topological polar surface area (TPSA) is 95.4 Å². The molecule has 174 valence electrons. The average Bonchev–Trinajstić information content (AvgIpc) is 3.31. The number of amides is 1. The van der Waals surface area contributed by atoms with Gasteiger partial charge in [0.25, 0.3) is 5.91 Å². The van der Waals surface area contributed by atoms with Crippen LogP contribution < -0.4 is 5.32 Å². The minimum Gasteiger partial charge on any atom is -0.476 e. The zero-order chi connectivity index (χ0) is 23.8. The highest BCUT2D eigenvalue weighted by atomic mass is 32.1. The number of nitrogens with one attached hydrogen (secondary N) is 1. The highest BCUT2D eigenvalue weighted by Gasteiger charge is 2.38. The Hall–Kier alpha value is -2.69. The maximum Gasteiger partial charge on any atom is 0.417 e. The molecule has 1 amide bonds. The molecule has 0 unspecified atom stereocenters. The summed E-state index contributed by atoms with van der Waals surface area (Å²) in [5.74, 6) is -1.94. The van der Waals surface area contributed by atoms with E-state index < -0.39 is 28.6 Å². The fraction of sp³-hybridized carbons (Fsp3) is 0.524. The number of thiazole rings is 1. The second-order valence-corrected chi connectivity index (χ2v) is 10.0. The van der Waals surface area contributed by atoms with Crippen LogP contribution in [0.4, 0.5) is 19.0 Å². The molecule has 1 atom stereocenters. The van der Waals surface area contributed by atoms with E-state index in [0.717, 1.165) is 25.1 Å². The first-order valence-electron chi connectivity index (χ1n) is 10.1. The van der Waals surface area contributed by atoms with E-state index in [2.05, 4.69) is 15.3 Å². The van der Waals surface area contributed by atoms with Gasteiger partial charge in [-0.05, 0) is 31.2 Å². The fourth-order valence-corrected chi connectivity index (χ4v) is 4.35. The molecule has 11 heteroatoms. The summed E-state index contributed by atoms with van der Waals surface area (Å²) in [7, 11) is 0. The molecule has 3 rings (SSSR count). The summed E-state index contributed by atoms with van der Waals surface area (Å²) in [6, 6.07) is 0.781. The van der Waals surface area contributed by atoms with Crippen molar-refractivity contribution in [1.82, 2.24) is 14.9 Å². The Kier molecular flexibility index (Phi) is 6.50. The lowest BCUT2D eigenvalue weighted by atomic mass is 9.97. The van der Waals surface area contributed by atoms with Crippen LogP contribution >= 0.6 is 11.3 Å². The van der Waals surface area contributed by atoms with E-state index in [0.29, 0.717) is 24.4 Å². The van der Waals surface area contributed by atoms with Crippen LogP contribution in [0.25, 0.3) is 10.4 Å². The number of pyridine rings is 1. The number of aromatic carboxylic acids is 1. The van der Waals surface area contributed by atoms with E-state index in [1.165, 1.54) is 4.90 Å². The van der Waals surface area contributed by atoms with Crippen molar-refractivity contribution >= 4 is 29.0 Å². The molecule has 0 spiro atoms. The number of carboxylic acids is 1. The number of carbonyl (C=O) groups is 2. The van der Waals surface area contributed by atoms with E-state index >= 15 is 0 Å². The molecule has 7 nitrogen and oxygen atoms in total. The predicted octanol–water partition coefficient (Wildman–Crippen LogP) is 5.00. The maximum atomic E-state index is 14.0. The molecule has 0 bridgehead atoms. The van der Waals surface area contributed by atoms with E-state index in [1.54, 1.807) is 0 Å². The van der Waals surface area contributed by atoms with Gasteiger partial charge in [-0.15, -0.1) is 11.3 Å². The monoisotopic (exact) mass is 470 g/mol. The number of alkyl halides is 3. The number of hydrogen-bond acceptors (Lipinski definition) is 6. The third-order valence-corrected chi connectivity index (χ3v) is 6.16. The molecular weight excluding hydrogens is 445 g/mol. The van der Waals surface area contributed by atoms with Gasteiger partial charge in [-0.2, -0.15) is 13.2 Å². The van der Waals surface area contributed by atoms with Gasteiger partial charge >= 0.3 is 12.1 Å². The van der Waals surface area contributed by atoms with Gasteiger partial charge in [0.05, 0.1) is 10.4 Å². The Morgan fingerprint density at radius 2 is 2.00 bits per heavy atom. The third kappa shape index (κ3) is 5.20. The van der Waals surface area contributed by atoms with Crippen LogP contribution in [0, 0.1) is 5.41 Å². The first kappa shape index (κ1) is 24.0. The molecule has 0 saturated carbocycles. The Morgan fingerprint density at radius 3 is 2.53 bits per heavy atom. The zero-order valence-corrected chi connectivity index (χ0v) is 19.0. The van der Waals surface area contributed by atoms with Crippen LogP contribution in [-0.4, -0.2) is 51.0 Å². The summed E-state index contributed by atoms with van der Waals surface area (Å²) in [5, 5.41) is 11.8. The van der Waals surface area contributed by atoms with E-state index in [4.69, 9.17) is 0 Å². The van der Waals surface area contributed by atoms with Crippen molar-refractivity contribution in [2.75, 3.05) is 18.4 Å². The average molecular weight is 471 g/mol. The molecule has 0 radical (unpaired) electrons. The van der Waals surface area contributed by atoms with E-state index in [1.807, 2.05) is 27.7 Å². The second-order valence-electron chi connectivity index (χ2n) is 9.02. The molecule has 0 aromatic carbocycles. The molecule has 1 aliphatic rings. The van der Waals surface area contributed by atoms with E-state index in [9.17, 15) is 27.9 Å². The smallest absolute Gasteiger partial charge is 0.417 e. The molecule has 1 saturated heterocycles. The van der Waals surface area contributed by atoms with Gasteiger partial charge in [0.15, 0.2) is 0 Å². The Bertz CT molecular complexity index is 1030. The van der Waals surface area contributed by atoms with Crippen LogP contribution in [0.2, 0.25) is 0 Å². The SMILES string of the molecule is C[C@H]1CCCN1C(=O)c1nc(C(=O)O)sc1-c1cnc(NCC(C)(C)C)cc1C(F)(F)F. The minimum atomic E-state index is -4.74. The van der Waals surface area contributed by atoms with Crippen molar-refractivity contribution < 1.29 is 27.9 Å². The van der Waals surface area contributed by atoms with Crippen LogP contribution in [0.5, 0.6) is 0 Å². The first-order chi connectivity index (χ1) is 14.8. The quantitative estimate of drug-likeness (QED) is 0.638. The number of nitrogens with zero attached hydrogens (tertiary/aromatic N) is 3. The van der Waals surface area contributed by atoms with Crippen molar-refractivity contribution in [3.63, 3.8) is 0 Å². The number of aromatic nitrogens is 2. The Morgan fingerprint density at radius 1 is 1.31 bits per heavy atom. The Labute approximate surface area is 187 Å². The van der Waals surface area contributed by atoms with Crippen molar-refractivity contribution in [1.29, 1.82) is 0 Å². The first-order valence-corrected chi connectivity index (χ1v) is 11.0. The highest BCUT2D eigenvalue weighted by molar-refractivity contribution is 7.17. The summed E-state index contributed by atoms with van der Waals surface area (Å²) < 4.78 is 41.9. The van der Waals surface area contributed by atoms with Crippen molar-refractivity contribution in [2.24, 2.45) is 5.41 Å². The molecule has 0 aliphatic carbocycles. The summed E-state index contributed by atoms with van der Waals surface area (Å²) in [6.45, 7) is 8.48. The summed E-state index contributed by atoms with van der Waals surface area (Å²) in [5.41, 5.74) is -1.84. The van der Waals surface area contributed by atoms with Gasteiger partial charge < -0.3 is 15.3 Å². The fourth-order valence-electron chi connectivity index (χ4n) is 3.43. The Balaban J connectivity index is 2.11. The molecule has 2 N–H and O–H groups in total. The van der Waals surface area contributed by atoms with Crippen LogP contribution in [0.1, 0.15) is 66.4 Å². The van der Waals surface area contributed by atoms with Gasteiger partial charge in [0.1, 0.15) is 11.5 Å². The van der Waals surface area contributed by atoms with E-state index in [-0.39, 0.29) is 33.4 Å². The van der Waals surface area contributed by atoms with Gasteiger partial charge in [-0.3, -0.25) is 4.79 Å². The van der Waals surface area contributed by atoms with Gasteiger partial charge in [-0.1, -0.05) is 20.8 Å². The number of carboxylic acid groups (broad SMARTS) is 1. The van der Waals surface area contributed by atoms with Crippen molar-refractivity contribution in [3.8, 4) is 10.4 Å². The number of carbonyl (C=O) groups excluding carboxylic acids is 1. The number of anilines is 1. The van der Waals surface area contributed by atoms with Crippen LogP contribution in [0.15, 0.2) is 12.3 Å². The lowest BCUT2D eigenvalue weighted by molar-refractivity contribution is -0.137. The van der Waals surface area contributed by atoms with Crippen molar-refractivity contribution in [2.45, 2.75) is 52.8 Å². The summed E-state index contributed by atoms with van der Waals surface area (Å²) in [4.78, 5) is 34.0. The zero-order valence-electron chi connectivity index (χ0n) is 18.2. The lowest BCUT2D eigenvalue weighted by Crippen LogP contribution is -2.34. The molecule has 32 heavy (non-hydrogen) atoms. The number of hydrogen-bond donors (Lipinski definition) is 2. The van der Waals surface area contributed by atoms with Crippen molar-refractivity contribution in [3.05, 3.63) is 28.5 Å². The number of likely N-dealkylation sites (tertiary alicyclic amines) is 1. The van der Waals surface area contributed by atoms with Crippen LogP contribution in [-0.2, 0) is 6.18 Å². The molecular formula is C21H25F3N4O3S. The summed E-state index contributed by atoms with van der Waals surface area (Å²) in [6.07, 6.45) is -2.19. The number of halogens is 3. The molecule has 3 heterocycles. The minimum absolute atomic E-state index is 0.0417. The standard InChI is InChI=1S/C21H25F3N4O3S/c1-11-6-5-7-28(11)18(29)15-16(32-17(27-15)19(30)31)12-9-25-14(26-10-20(2,3)4)8-13(12)21(22,23)24/h8-9,11H,5-7,10H2,1-4H3,(H,25,26)(H,30,31)/t11-/m0/s1. The van der Waals surface area contributed by atoms with Gasteiger partial charge in [0.2, 0.25) is 5.01 Å². The third-order valence-electron chi connectivity index (χ3n) is 5.08. The molecule has 1 fully saturated rings. The maximum absolute atomic E-state index is 14.0. The number of rotatable bonds is 5.